The summed E-state index contributed by atoms with van der Waals surface area (Å²) in [4.78, 5) is 28.9. The Morgan fingerprint density at radius 1 is 0.939 bits per heavy atom. The van der Waals surface area contributed by atoms with Crippen molar-refractivity contribution < 1.29 is 14.3 Å². The molecule has 0 saturated heterocycles. The van der Waals surface area contributed by atoms with E-state index in [1.807, 2.05) is 31.2 Å². The van der Waals surface area contributed by atoms with Crippen molar-refractivity contribution in [2.24, 2.45) is 0 Å². The molecule has 0 amide bonds. The van der Waals surface area contributed by atoms with Gasteiger partial charge in [0.1, 0.15) is 29.1 Å². The highest BCUT2D eigenvalue weighted by Crippen LogP contribution is 2.23. The molecular formula is C25H23N5O3. The maximum absolute atomic E-state index is 12.0. The van der Waals surface area contributed by atoms with Gasteiger partial charge in [-0.1, -0.05) is 12.1 Å². The van der Waals surface area contributed by atoms with Crippen LogP contribution in [0.4, 0.5) is 5.82 Å². The van der Waals surface area contributed by atoms with Crippen molar-refractivity contribution in [1.82, 2.24) is 19.9 Å². The number of benzene rings is 2. The Bertz CT molecular complexity index is 1270. The number of anilines is 1. The first-order valence-corrected chi connectivity index (χ1v) is 10.5. The molecule has 2 heterocycles. The number of hydrogen-bond acceptors (Lipinski definition) is 8. The van der Waals surface area contributed by atoms with Crippen molar-refractivity contribution in [3.63, 3.8) is 0 Å². The summed E-state index contributed by atoms with van der Waals surface area (Å²) in [5.74, 6) is 2.19. The molecule has 0 atom stereocenters. The van der Waals surface area contributed by atoms with Gasteiger partial charge in [-0.15, -0.1) is 0 Å². The Morgan fingerprint density at radius 3 is 2.36 bits per heavy atom. The normalized spacial score (nSPS) is 11.3. The van der Waals surface area contributed by atoms with Crippen molar-refractivity contribution in [2.45, 2.75) is 20.3 Å². The van der Waals surface area contributed by atoms with Gasteiger partial charge in [-0.2, -0.15) is 0 Å². The monoisotopic (exact) mass is 441 g/mol. The molecule has 0 spiro atoms. The lowest BCUT2D eigenvalue weighted by Gasteiger charge is -2.09. The van der Waals surface area contributed by atoms with Gasteiger partial charge in [-0.3, -0.25) is 0 Å². The zero-order valence-electron chi connectivity index (χ0n) is 18.4. The molecule has 2 aromatic carbocycles. The van der Waals surface area contributed by atoms with Crippen LogP contribution >= 0.6 is 0 Å². The summed E-state index contributed by atoms with van der Waals surface area (Å²) in [6, 6.07) is 14.7. The van der Waals surface area contributed by atoms with Crippen LogP contribution in [0.25, 0.3) is 11.2 Å². The van der Waals surface area contributed by atoms with Gasteiger partial charge in [0.2, 0.25) is 0 Å². The second kappa shape index (κ2) is 10.3. The van der Waals surface area contributed by atoms with Gasteiger partial charge in [-0.05, 0) is 68.3 Å². The molecule has 0 saturated carbocycles. The van der Waals surface area contributed by atoms with Crippen molar-refractivity contribution in [2.75, 3.05) is 11.9 Å². The Balaban J connectivity index is 1.30. The van der Waals surface area contributed by atoms with Crippen LogP contribution in [-0.2, 0) is 11.2 Å². The molecule has 166 valence electrons. The fourth-order valence-corrected chi connectivity index (χ4v) is 3.03. The molecule has 1 N–H and O–H groups in total. The molecule has 4 aromatic rings. The van der Waals surface area contributed by atoms with Crippen molar-refractivity contribution >= 4 is 23.0 Å². The SMILES string of the molecule is C/C=C(\C)OC(=O)c1ccc(Oc2ccc(CCNc3ncnc4nccnc34)cc2)cc1. The van der Waals surface area contributed by atoms with Crippen LogP contribution in [0.15, 0.2) is 79.1 Å². The maximum Gasteiger partial charge on any atom is 0.343 e. The van der Waals surface area contributed by atoms with E-state index in [-0.39, 0.29) is 0 Å². The summed E-state index contributed by atoms with van der Waals surface area (Å²) in [6.07, 6.45) is 7.25. The van der Waals surface area contributed by atoms with E-state index in [1.54, 1.807) is 49.7 Å². The summed E-state index contributed by atoms with van der Waals surface area (Å²) in [5, 5.41) is 3.29. The van der Waals surface area contributed by atoms with E-state index in [9.17, 15) is 4.79 Å². The van der Waals surface area contributed by atoms with E-state index < -0.39 is 5.97 Å². The number of nitrogens with one attached hydrogen (secondary N) is 1. The minimum atomic E-state index is -0.392. The predicted octanol–water partition coefficient (Wildman–Crippen LogP) is 4.95. The molecule has 0 aliphatic rings. The highest BCUT2D eigenvalue weighted by Gasteiger charge is 2.09. The number of carbonyl (C=O) groups is 1. The fourth-order valence-electron chi connectivity index (χ4n) is 3.03. The van der Waals surface area contributed by atoms with E-state index in [0.717, 1.165) is 12.0 Å². The lowest BCUT2D eigenvalue weighted by molar-refractivity contribution is 0.0625. The van der Waals surface area contributed by atoms with Gasteiger partial charge in [0.05, 0.1) is 5.56 Å². The second-order valence-electron chi connectivity index (χ2n) is 7.19. The average molecular weight is 441 g/mol. The van der Waals surface area contributed by atoms with Gasteiger partial charge in [0.15, 0.2) is 11.5 Å². The lowest BCUT2D eigenvalue weighted by Crippen LogP contribution is -2.08. The third kappa shape index (κ3) is 5.68. The number of esters is 1. The molecule has 33 heavy (non-hydrogen) atoms. The Morgan fingerprint density at radius 2 is 1.64 bits per heavy atom. The first-order chi connectivity index (χ1) is 16.1. The maximum atomic E-state index is 12.0. The van der Waals surface area contributed by atoms with Gasteiger partial charge < -0.3 is 14.8 Å². The van der Waals surface area contributed by atoms with Crippen molar-refractivity contribution in [1.29, 1.82) is 0 Å². The lowest BCUT2D eigenvalue weighted by atomic mass is 10.1. The van der Waals surface area contributed by atoms with Crippen molar-refractivity contribution in [3.8, 4) is 11.5 Å². The molecule has 8 nitrogen and oxygen atoms in total. The number of ether oxygens (including phenoxy) is 2. The first-order valence-electron chi connectivity index (χ1n) is 10.5. The summed E-state index contributed by atoms with van der Waals surface area (Å²) >= 11 is 0. The number of carbonyl (C=O) groups excluding carboxylic acids is 1. The minimum Gasteiger partial charge on any atom is -0.457 e. The molecule has 2 aromatic heterocycles. The van der Waals surface area contributed by atoms with Gasteiger partial charge in [0, 0.05) is 18.9 Å². The molecule has 0 aliphatic heterocycles. The van der Waals surface area contributed by atoms with Gasteiger partial charge in [-0.25, -0.2) is 24.7 Å². The number of nitrogens with zero attached hydrogens (tertiary/aromatic N) is 4. The van der Waals surface area contributed by atoms with E-state index in [2.05, 4.69) is 25.3 Å². The van der Waals surface area contributed by atoms with E-state index in [0.29, 0.717) is 46.3 Å². The molecule has 0 radical (unpaired) electrons. The smallest absolute Gasteiger partial charge is 0.343 e. The number of allylic oxidation sites excluding steroid dienone is 2. The Kier molecular flexibility index (Phi) is 6.84. The van der Waals surface area contributed by atoms with Crippen LogP contribution in [0.5, 0.6) is 11.5 Å². The van der Waals surface area contributed by atoms with Crippen LogP contribution in [0.2, 0.25) is 0 Å². The van der Waals surface area contributed by atoms with E-state index >= 15 is 0 Å². The molecule has 4 rings (SSSR count). The summed E-state index contributed by atoms with van der Waals surface area (Å²) in [5.41, 5.74) is 2.83. The van der Waals surface area contributed by atoms with E-state index in [1.165, 1.54) is 6.33 Å². The third-order valence-corrected chi connectivity index (χ3v) is 4.89. The Hall–Kier alpha value is -4.33. The number of rotatable bonds is 8. The number of hydrogen-bond donors (Lipinski definition) is 1. The quantitative estimate of drug-likeness (QED) is 0.303. The third-order valence-electron chi connectivity index (χ3n) is 4.89. The molecule has 0 bridgehead atoms. The molecule has 8 heteroatoms. The summed E-state index contributed by atoms with van der Waals surface area (Å²) in [6.45, 7) is 4.24. The van der Waals surface area contributed by atoms with Gasteiger partial charge in [0.25, 0.3) is 0 Å². The van der Waals surface area contributed by atoms with Gasteiger partial charge >= 0.3 is 5.97 Å². The fraction of sp³-hybridized carbons (Fsp3) is 0.160. The zero-order chi connectivity index (χ0) is 23.0. The summed E-state index contributed by atoms with van der Waals surface area (Å²) in [7, 11) is 0. The van der Waals surface area contributed by atoms with Crippen LogP contribution < -0.4 is 10.1 Å². The predicted molar refractivity (Wildman–Crippen MR) is 125 cm³/mol. The standard InChI is InChI=1S/C25H23N5O3/c1-3-17(2)32-25(31)19-6-10-21(11-7-19)33-20-8-4-18(5-9-20)12-13-27-23-22-24(30-16-29-23)28-15-14-26-22/h3-11,14-16H,12-13H2,1-2H3,(H,27,28,29,30)/b17-3+. The molecular weight excluding hydrogens is 418 g/mol. The molecule has 0 unspecified atom stereocenters. The van der Waals surface area contributed by atoms with E-state index in [4.69, 9.17) is 9.47 Å². The van der Waals surface area contributed by atoms with Crippen LogP contribution in [0.3, 0.4) is 0 Å². The van der Waals surface area contributed by atoms with Crippen LogP contribution in [-0.4, -0.2) is 32.4 Å². The highest BCUT2D eigenvalue weighted by molar-refractivity contribution is 5.90. The average Bonchev–Trinajstić information content (AvgIpc) is 2.85. The highest BCUT2D eigenvalue weighted by atomic mass is 16.5. The van der Waals surface area contributed by atoms with Crippen LogP contribution in [0.1, 0.15) is 29.8 Å². The minimum absolute atomic E-state index is 0.392. The first kappa shape index (κ1) is 21.9. The molecule has 0 fully saturated rings. The zero-order valence-corrected chi connectivity index (χ0v) is 18.4. The second-order valence-corrected chi connectivity index (χ2v) is 7.19. The number of aromatic nitrogens is 4. The van der Waals surface area contributed by atoms with Crippen LogP contribution in [0, 0.1) is 0 Å². The van der Waals surface area contributed by atoms with Crippen molar-refractivity contribution in [3.05, 3.63) is 90.2 Å². The number of fused-ring (bicyclic) bond motifs is 1. The summed E-state index contributed by atoms with van der Waals surface area (Å²) < 4.78 is 11.1. The largest absolute Gasteiger partial charge is 0.457 e. The topological polar surface area (TPSA) is 99.1 Å². The Labute approximate surface area is 191 Å². The molecule has 0 aliphatic carbocycles.